The molecule has 0 bridgehead atoms. The number of aryl methyl sites for hydroxylation is 1. The zero-order chi connectivity index (χ0) is 13.4. The summed E-state index contributed by atoms with van der Waals surface area (Å²) in [4.78, 5) is 0. The maximum absolute atomic E-state index is 10.1. The van der Waals surface area contributed by atoms with E-state index in [1.54, 1.807) is 0 Å². The molecule has 0 saturated carbocycles. The first-order valence-electron chi connectivity index (χ1n) is 6.94. The number of rotatable bonds is 5. The predicted molar refractivity (Wildman–Crippen MR) is 77.4 cm³/mol. The van der Waals surface area contributed by atoms with E-state index in [4.69, 9.17) is 0 Å². The molecule has 1 aromatic rings. The van der Waals surface area contributed by atoms with Crippen LogP contribution < -0.4 is 0 Å². The van der Waals surface area contributed by atoms with Crippen LogP contribution in [0.15, 0.2) is 24.3 Å². The van der Waals surface area contributed by atoms with Crippen LogP contribution >= 0.6 is 0 Å². The Balaban J connectivity index is 2.69. The van der Waals surface area contributed by atoms with Crippen molar-refractivity contribution in [3.63, 3.8) is 0 Å². The molecule has 1 rings (SSSR count). The van der Waals surface area contributed by atoms with Gasteiger partial charge in [-0.3, -0.25) is 0 Å². The normalized spacial score (nSPS) is 13.6. The molecule has 0 heterocycles. The topological polar surface area (TPSA) is 20.2 Å². The highest BCUT2D eigenvalue weighted by molar-refractivity contribution is 5.40. The number of unbranched alkanes of at least 4 members (excludes halogenated alkanes) is 1. The van der Waals surface area contributed by atoms with Gasteiger partial charge in [-0.15, -0.1) is 0 Å². The molecule has 1 aromatic carbocycles. The van der Waals surface area contributed by atoms with Gasteiger partial charge in [-0.25, -0.2) is 0 Å². The highest BCUT2D eigenvalue weighted by Crippen LogP contribution is 2.16. The van der Waals surface area contributed by atoms with Crippen LogP contribution in [-0.2, 0) is 0 Å². The van der Waals surface area contributed by atoms with Crippen molar-refractivity contribution in [3.8, 4) is 11.8 Å². The molecule has 0 aromatic heterocycles. The van der Waals surface area contributed by atoms with Gasteiger partial charge < -0.3 is 5.11 Å². The average molecular weight is 244 g/mol. The van der Waals surface area contributed by atoms with Gasteiger partial charge in [-0.05, 0) is 37.3 Å². The molecule has 0 saturated heterocycles. The second-order valence-electron chi connectivity index (χ2n) is 4.84. The fraction of sp³-hybridized carbons (Fsp3) is 0.529. The lowest BCUT2D eigenvalue weighted by molar-refractivity contribution is 0.150. The first kappa shape index (κ1) is 14.8. The van der Waals surface area contributed by atoms with Crippen molar-refractivity contribution >= 4 is 0 Å². The van der Waals surface area contributed by atoms with Crippen LogP contribution in [0.25, 0.3) is 0 Å². The van der Waals surface area contributed by atoms with E-state index >= 15 is 0 Å². The summed E-state index contributed by atoms with van der Waals surface area (Å²) in [5.41, 5.74) is 2.18. The molecule has 18 heavy (non-hydrogen) atoms. The van der Waals surface area contributed by atoms with E-state index in [-0.39, 0.29) is 0 Å². The molecule has 98 valence electrons. The van der Waals surface area contributed by atoms with Gasteiger partial charge in [0.2, 0.25) is 0 Å². The molecule has 1 N–H and O–H groups in total. The second-order valence-corrected chi connectivity index (χ2v) is 4.84. The standard InChI is InChI=1S/C17H24O/c1-4-6-10-15(5-2)17(18)13-12-16-11-8-7-9-14(16)3/h7-9,11,15,17-18H,4-6,10H2,1-3H3. The fourth-order valence-electron chi connectivity index (χ4n) is 2.03. The van der Waals surface area contributed by atoms with Gasteiger partial charge in [-0.2, -0.15) is 0 Å². The van der Waals surface area contributed by atoms with E-state index < -0.39 is 6.10 Å². The lowest BCUT2D eigenvalue weighted by Gasteiger charge is -2.16. The monoisotopic (exact) mass is 244 g/mol. The highest BCUT2D eigenvalue weighted by Gasteiger charge is 2.14. The third-order valence-electron chi connectivity index (χ3n) is 3.40. The first-order chi connectivity index (χ1) is 8.69. The number of hydrogen-bond donors (Lipinski definition) is 1. The first-order valence-corrected chi connectivity index (χ1v) is 6.94. The minimum atomic E-state index is -0.499. The van der Waals surface area contributed by atoms with Crippen LogP contribution in [-0.4, -0.2) is 11.2 Å². The molecule has 0 amide bonds. The molecule has 0 fully saturated rings. The van der Waals surface area contributed by atoms with E-state index in [9.17, 15) is 5.11 Å². The summed E-state index contributed by atoms with van der Waals surface area (Å²) in [6, 6.07) is 8.04. The Kier molecular flexibility index (Phi) is 6.54. The molecule has 1 nitrogen and oxygen atoms in total. The van der Waals surface area contributed by atoms with Crippen LogP contribution in [0.4, 0.5) is 0 Å². The van der Waals surface area contributed by atoms with Crippen LogP contribution in [0.5, 0.6) is 0 Å². The van der Waals surface area contributed by atoms with Crippen molar-refractivity contribution in [2.45, 2.75) is 52.6 Å². The molecule has 2 atom stereocenters. The van der Waals surface area contributed by atoms with Gasteiger partial charge >= 0.3 is 0 Å². The second kappa shape index (κ2) is 7.95. The lowest BCUT2D eigenvalue weighted by atomic mass is 9.93. The van der Waals surface area contributed by atoms with Crippen molar-refractivity contribution in [2.24, 2.45) is 5.92 Å². The molecule has 0 aliphatic carbocycles. The number of aliphatic hydroxyl groups is 1. The number of benzene rings is 1. The van der Waals surface area contributed by atoms with Crippen molar-refractivity contribution in [3.05, 3.63) is 35.4 Å². The van der Waals surface area contributed by atoms with Crippen LogP contribution in [0.3, 0.4) is 0 Å². The Morgan fingerprint density at radius 3 is 2.56 bits per heavy atom. The average Bonchev–Trinajstić information content (AvgIpc) is 2.38. The maximum Gasteiger partial charge on any atom is 0.117 e. The fourth-order valence-corrected chi connectivity index (χ4v) is 2.03. The van der Waals surface area contributed by atoms with Gasteiger partial charge in [0, 0.05) is 5.56 Å². The Hall–Kier alpha value is -1.26. The summed E-state index contributed by atoms with van der Waals surface area (Å²) in [6.45, 7) is 6.35. The summed E-state index contributed by atoms with van der Waals surface area (Å²) in [5.74, 6) is 6.42. The Morgan fingerprint density at radius 1 is 1.22 bits per heavy atom. The SMILES string of the molecule is CCCCC(CC)C(O)C#Cc1ccccc1C. The maximum atomic E-state index is 10.1. The smallest absolute Gasteiger partial charge is 0.117 e. The predicted octanol–water partition coefficient (Wildman–Crippen LogP) is 3.92. The van der Waals surface area contributed by atoms with E-state index in [0.717, 1.165) is 18.4 Å². The quantitative estimate of drug-likeness (QED) is 0.778. The van der Waals surface area contributed by atoms with Gasteiger partial charge in [0.15, 0.2) is 0 Å². The molecular weight excluding hydrogens is 220 g/mol. The van der Waals surface area contributed by atoms with Crippen LogP contribution in [0.1, 0.15) is 50.7 Å². The molecule has 0 radical (unpaired) electrons. The number of aliphatic hydroxyl groups excluding tert-OH is 1. The lowest BCUT2D eigenvalue weighted by Crippen LogP contribution is -2.17. The highest BCUT2D eigenvalue weighted by atomic mass is 16.3. The Morgan fingerprint density at radius 2 is 1.94 bits per heavy atom. The minimum Gasteiger partial charge on any atom is -0.380 e. The van der Waals surface area contributed by atoms with Crippen molar-refractivity contribution in [1.82, 2.24) is 0 Å². The largest absolute Gasteiger partial charge is 0.380 e. The van der Waals surface area contributed by atoms with E-state index in [2.05, 4.69) is 25.7 Å². The van der Waals surface area contributed by atoms with Gasteiger partial charge in [0.05, 0.1) is 0 Å². The van der Waals surface area contributed by atoms with Crippen LogP contribution in [0, 0.1) is 24.7 Å². The van der Waals surface area contributed by atoms with Crippen LogP contribution in [0.2, 0.25) is 0 Å². The third-order valence-corrected chi connectivity index (χ3v) is 3.40. The van der Waals surface area contributed by atoms with Crippen molar-refractivity contribution < 1.29 is 5.11 Å². The molecular formula is C17H24O. The van der Waals surface area contributed by atoms with Gasteiger partial charge in [0.1, 0.15) is 6.10 Å². The Labute approximate surface area is 111 Å². The molecule has 0 spiro atoms. The minimum absolute atomic E-state index is 0.307. The molecule has 1 heteroatoms. The summed E-state index contributed by atoms with van der Waals surface area (Å²) in [6.07, 6.45) is 3.90. The zero-order valence-corrected chi connectivity index (χ0v) is 11.7. The zero-order valence-electron chi connectivity index (χ0n) is 11.7. The van der Waals surface area contributed by atoms with Crippen molar-refractivity contribution in [1.29, 1.82) is 0 Å². The van der Waals surface area contributed by atoms with Crippen molar-refractivity contribution in [2.75, 3.05) is 0 Å². The van der Waals surface area contributed by atoms with E-state index in [1.807, 2.05) is 31.2 Å². The van der Waals surface area contributed by atoms with E-state index in [0.29, 0.717) is 5.92 Å². The van der Waals surface area contributed by atoms with Gasteiger partial charge in [0.25, 0.3) is 0 Å². The summed E-state index contributed by atoms with van der Waals surface area (Å²) in [7, 11) is 0. The summed E-state index contributed by atoms with van der Waals surface area (Å²) < 4.78 is 0. The number of hydrogen-bond acceptors (Lipinski definition) is 1. The summed E-state index contributed by atoms with van der Waals surface area (Å²) >= 11 is 0. The third kappa shape index (κ3) is 4.55. The molecule has 0 aliphatic heterocycles. The molecule has 2 unspecified atom stereocenters. The van der Waals surface area contributed by atoms with Gasteiger partial charge in [-0.1, -0.05) is 56.7 Å². The summed E-state index contributed by atoms with van der Waals surface area (Å²) in [5, 5.41) is 10.1. The Bertz CT molecular complexity index is 411. The van der Waals surface area contributed by atoms with E-state index in [1.165, 1.54) is 18.4 Å². The molecule has 0 aliphatic rings.